The second-order valence-corrected chi connectivity index (χ2v) is 6.25. The number of ether oxygens (including phenoxy) is 1. The van der Waals surface area contributed by atoms with Gasteiger partial charge in [0.25, 0.3) is 11.8 Å². The number of benzene rings is 2. The van der Waals surface area contributed by atoms with Gasteiger partial charge in [0.2, 0.25) is 0 Å². The second-order valence-electron chi connectivity index (χ2n) is 6.25. The predicted octanol–water partition coefficient (Wildman–Crippen LogP) is 3.58. The van der Waals surface area contributed by atoms with Crippen LogP contribution in [-0.2, 0) is 6.54 Å². The molecule has 0 saturated carbocycles. The fourth-order valence-corrected chi connectivity index (χ4v) is 2.74. The average Bonchev–Trinajstić information content (AvgIpc) is 2.72. The third kappa shape index (κ3) is 4.73. The Kier molecular flexibility index (Phi) is 6.01. The van der Waals surface area contributed by atoms with Gasteiger partial charge >= 0.3 is 0 Å². The maximum Gasteiger partial charge on any atom is 0.274 e. The highest BCUT2D eigenvalue weighted by Gasteiger charge is 2.13. The minimum absolute atomic E-state index is 0.173. The van der Waals surface area contributed by atoms with Crippen LogP contribution in [0.2, 0.25) is 0 Å². The highest BCUT2D eigenvalue weighted by molar-refractivity contribution is 6.04. The van der Waals surface area contributed by atoms with E-state index in [1.165, 1.54) is 12.3 Å². The van der Waals surface area contributed by atoms with Crippen molar-refractivity contribution >= 4 is 17.5 Å². The van der Waals surface area contributed by atoms with E-state index in [1.807, 2.05) is 49.4 Å². The van der Waals surface area contributed by atoms with Crippen LogP contribution in [0.25, 0.3) is 0 Å². The molecular weight excluding hydrogens is 354 g/mol. The molecule has 6 nitrogen and oxygen atoms in total. The van der Waals surface area contributed by atoms with Crippen LogP contribution >= 0.6 is 0 Å². The SMILES string of the molecule is COc1ccccc1CNC(=O)c1ccnc(C(=O)Nc2cccc(C)c2)c1. The largest absolute Gasteiger partial charge is 0.496 e. The molecule has 3 aromatic rings. The summed E-state index contributed by atoms with van der Waals surface area (Å²) in [4.78, 5) is 29.0. The molecule has 142 valence electrons. The first kappa shape index (κ1) is 19.1. The first-order valence-corrected chi connectivity index (χ1v) is 8.81. The first-order chi connectivity index (χ1) is 13.6. The van der Waals surface area contributed by atoms with Crippen molar-refractivity contribution in [3.63, 3.8) is 0 Å². The van der Waals surface area contributed by atoms with Gasteiger partial charge in [-0.1, -0.05) is 30.3 Å². The van der Waals surface area contributed by atoms with Gasteiger partial charge in [-0.25, -0.2) is 0 Å². The Morgan fingerprint density at radius 3 is 2.61 bits per heavy atom. The Labute approximate surface area is 163 Å². The number of rotatable bonds is 6. The van der Waals surface area contributed by atoms with Crippen LogP contribution in [0.4, 0.5) is 5.69 Å². The van der Waals surface area contributed by atoms with Crippen molar-refractivity contribution in [3.05, 3.63) is 89.2 Å². The van der Waals surface area contributed by atoms with Crippen molar-refractivity contribution in [3.8, 4) is 5.75 Å². The number of hydrogen-bond donors (Lipinski definition) is 2. The van der Waals surface area contributed by atoms with E-state index >= 15 is 0 Å². The number of aromatic nitrogens is 1. The van der Waals surface area contributed by atoms with Crippen molar-refractivity contribution < 1.29 is 14.3 Å². The van der Waals surface area contributed by atoms with Gasteiger partial charge in [-0.05, 0) is 42.8 Å². The number of para-hydroxylation sites is 1. The fraction of sp³-hybridized carbons (Fsp3) is 0.136. The summed E-state index contributed by atoms with van der Waals surface area (Å²) in [5.74, 6) is 0.0404. The minimum Gasteiger partial charge on any atom is -0.496 e. The maximum absolute atomic E-state index is 12.5. The van der Waals surface area contributed by atoms with Gasteiger partial charge in [-0.2, -0.15) is 0 Å². The van der Waals surface area contributed by atoms with E-state index in [2.05, 4.69) is 15.6 Å². The molecule has 2 N–H and O–H groups in total. The summed E-state index contributed by atoms with van der Waals surface area (Å²) in [6.07, 6.45) is 1.45. The number of methoxy groups -OCH3 is 1. The number of carbonyl (C=O) groups is 2. The van der Waals surface area contributed by atoms with E-state index in [4.69, 9.17) is 4.74 Å². The Hall–Kier alpha value is -3.67. The third-order valence-corrected chi connectivity index (χ3v) is 4.16. The normalized spacial score (nSPS) is 10.2. The molecule has 0 saturated heterocycles. The lowest BCUT2D eigenvalue weighted by atomic mass is 10.1. The molecule has 6 heteroatoms. The third-order valence-electron chi connectivity index (χ3n) is 4.16. The Bertz CT molecular complexity index is 1000. The number of nitrogens with one attached hydrogen (secondary N) is 2. The Morgan fingerprint density at radius 1 is 1.00 bits per heavy atom. The van der Waals surface area contributed by atoms with Crippen LogP contribution < -0.4 is 15.4 Å². The fourth-order valence-electron chi connectivity index (χ4n) is 2.74. The molecule has 1 heterocycles. The molecule has 0 radical (unpaired) electrons. The molecule has 0 aliphatic rings. The van der Waals surface area contributed by atoms with Crippen LogP contribution in [0.3, 0.4) is 0 Å². The lowest BCUT2D eigenvalue weighted by Gasteiger charge is -2.10. The summed E-state index contributed by atoms with van der Waals surface area (Å²) in [5.41, 5.74) is 3.11. The van der Waals surface area contributed by atoms with Crippen LogP contribution in [0, 0.1) is 6.92 Å². The van der Waals surface area contributed by atoms with E-state index in [1.54, 1.807) is 19.2 Å². The lowest BCUT2D eigenvalue weighted by Crippen LogP contribution is -2.24. The van der Waals surface area contributed by atoms with E-state index < -0.39 is 0 Å². The Balaban J connectivity index is 1.68. The van der Waals surface area contributed by atoms with Gasteiger partial charge in [-0.15, -0.1) is 0 Å². The van der Waals surface area contributed by atoms with Gasteiger partial charge in [0.15, 0.2) is 0 Å². The summed E-state index contributed by atoms with van der Waals surface area (Å²) in [7, 11) is 1.59. The number of carbonyl (C=O) groups excluding carboxylic acids is 2. The standard InChI is InChI=1S/C22H21N3O3/c1-15-6-5-8-18(12-15)25-22(27)19-13-16(10-11-23-19)21(26)24-14-17-7-3-4-9-20(17)28-2/h3-13H,14H2,1-2H3,(H,24,26)(H,25,27). The quantitative estimate of drug-likeness (QED) is 0.690. The van der Waals surface area contributed by atoms with Crippen LogP contribution in [0.1, 0.15) is 32.0 Å². The number of aryl methyl sites for hydroxylation is 1. The summed E-state index contributed by atoms with van der Waals surface area (Å²) in [6, 6.07) is 18.0. The number of anilines is 1. The van der Waals surface area contributed by atoms with Gasteiger partial charge in [0.05, 0.1) is 7.11 Å². The van der Waals surface area contributed by atoms with Crippen LogP contribution in [0.15, 0.2) is 66.9 Å². The van der Waals surface area contributed by atoms with Crippen LogP contribution in [0.5, 0.6) is 5.75 Å². The zero-order chi connectivity index (χ0) is 19.9. The second kappa shape index (κ2) is 8.81. The molecule has 2 aromatic carbocycles. The lowest BCUT2D eigenvalue weighted by molar-refractivity contribution is 0.0950. The molecule has 3 rings (SSSR count). The van der Waals surface area contributed by atoms with Crippen molar-refractivity contribution in [1.82, 2.24) is 10.3 Å². The number of amides is 2. The topological polar surface area (TPSA) is 80.3 Å². The monoisotopic (exact) mass is 375 g/mol. The summed E-state index contributed by atoms with van der Waals surface area (Å²) in [6.45, 7) is 2.26. The van der Waals surface area contributed by atoms with E-state index in [9.17, 15) is 9.59 Å². The van der Waals surface area contributed by atoms with Gasteiger partial charge in [0, 0.05) is 29.6 Å². The highest BCUT2D eigenvalue weighted by atomic mass is 16.5. The minimum atomic E-state index is -0.370. The molecule has 28 heavy (non-hydrogen) atoms. The maximum atomic E-state index is 12.5. The van der Waals surface area contributed by atoms with Crippen molar-refractivity contribution in [2.24, 2.45) is 0 Å². The average molecular weight is 375 g/mol. The number of hydrogen-bond acceptors (Lipinski definition) is 4. The molecule has 0 aliphatic carbocycles. The van der Waals surface area contributed by atoms with Gasteiger partial charge < -0.3 is 15.4 Å². The first-order valence-electron chi connectivity index (χ1n) is 8.81. The highest BCUT2D eigenvalue weighted by Crippen LogP contribution is 2.17. The van der Waals surface area contributed by atoms with Crippen LogP contribution in [-0.4, -0.2) is 23.9 Å². The molecule has 2 amide bonds. The summed E-state index contributed by atoms with van der Waals surface area (Å²) in [5, 5.41) is 5.62. The van der Waals surface area contributed by atoms with E-state index in [-0.39, 0.29) is 17.5 Å². The predicted molar refractivity (Wildman–Crippen MR) is 108 cm³/mol. The Morgan fingerprint density at radius 2 is 1.82 bits per heavy atom. The molecule has 0 bridgehead atoms. The smallest absolute Gasteiger partial charge is 0.274 e. The molecule has 0 atom stereocenters. The molecular formula is C22H21N3O3. The van der Waals surface area contributed by atoms with E-state index in [0.29, 0.717) is 23.5 Å². The molecule has 0 aliphatic heterocycles. The zero-order valence-electron chi connectivity index (χ0n) is 15.7. The van der Waals surface area contributed by atoms with Gasteiger partial charge in [-0.3, -0.25) is 14.6 Å². The summed E-state index contributed by atoms with van der Waals surface area (Å²) >= 11 is 0. The zero-order valence-corrected chi connectivity index (χ0v) is 15.7. The molecule has 0 fully saturated rings. The van der Waals surface area contributed by atoms with Crippen molar-refractivity contribution in [1.29, 1.82) is 0 Å². The van der Waals surface area contributed by atoms with Gasteiger partial charge in [0.1, 0.15) is 11.4 Å². The van der Waals surface area contributed by atoms with Crippen molar-refractivity contribution in [2.75, 3.05) is 12.4 Å². The van der Waals surface area contributed by atoms with E-state index in [0.717, 1.165) is 11.1 Å². The number of pyridine rings is 1. The number of nitrogens with zero attached hydrogens (tertiary/aromatic N) is 1. The molecule has 1 aromatic heterocycles. The van der Waals surface area contributed by atoms with Crippen molar-refractivity contribution in [2.45, 2.75) is 13.5 Å². The molecule has 0 spiro atoms. The summed E-state index contributed by atoms with van der Waals surface area (Å²) < 4.78 is 5.28. The molecule has 0 unspecified atom stereocenters.